The van der Waals surface area contributed by atoms with Gasteiger partial charge in [0.1, 0.15) is 5.78 Å². The topological polar surface area (TPSA) is 17.1 Å². The maximum Gasteiger partial charge on any atom is 0.140 e. The quantitative estimate of drug-likeness (QED) is 0.409. The average Bonchev–Trinajstić information content (AvgIpc) is 2.74. The molecule has 1 aliphatic carbocycles. The van der Waals surface area contributed by atoms with Gasteiger partial charge in [0.2, 0.25) is 0 Å². The minimum absolute atomic E-state index is 0.118. The Kier molecular flexibility index (Phi) is 7.89. The van der Waals surface area contributed by atoms with Gasteiger partial charge >= 0.3 is 0 Å². The van der Waals surface area contributed by atoms with Gasteiger partial charge in [0, 0.05) is 12.3 Å². The van der Waals surface area contributed by atoms with Crippen LogP contribution in [0.15, 0.2) is 48.5 Å². The highest BCUT2D eigenvalue weighted by atomic mass is 16.1. The molecule has 0 radical (unpaired) electrons. The second-order valence-corrected chi connectivity index (χ2v) is 8.56. The highest BCUT2D eigenvalue weighted by Crippen LogP contribution is 2.35. The standard InChI is InChI=1S/C27H36O/c1-3-5-6-7-8-9-22-10-13-23(14-11-22)24-15-17-25(18-16-24)26-19-12-21(4-2)20-27(26)28/h10-11,13-18,21,26H,3-9,12,19-20H2,1-2H3/t21-,26+/m0/s1. The van der Waals surface area contributed by atoms with Crippen LogP contribution in [0.3, 0.4) is 0 Å². The van der Waals surface area contributed by atoms with Crippen molar-refractivity contribution in [1.82, 2.24) is 0 Å². The van der Waals surface area contributed by atoms with Gasteiger partial charge in [-0.1, -0.05) is 94.5 Å². The van der Waals surface area contributed by atoms with Gasteiger partial charge in [0.05, 0.1) is 0 Å². The fourth-order valence-corrected chi connectivity index (χ4v) is 4.50. The van der Waals surface area contributed by atoms with Crippen LogP contribution in [0.2, 0.25) is 0 Å². The Labute approximate surface area is 171 Å². The molecule has 3 rings (SSSR count). The Balaban J connectivity index is 1.57. The van der Waals surface area contributed by atoms with Crippen LogP contribution in [-0.4, -0.2) is 5.78 Å². The molecule has 0 bridgehead atoms. The summed E-state index contributed by atoms with van der Waals surface area (Å²) in [6.07, 6.45) is 12.0. The number of carbonyl (C=O) groups is 1. The molecule has 0 aliphatic heterocycles. The molecule has 0 N–H and O–H groups in total. The van der Waals surface area contributed by atoms with Crippen molar-refractivity contribution in [2.75, 3.05) is 0 Å². The van der Waals surface area contributed by atoms with Crippen molar-refractivity contribution in [2.45, 2.75) is 84.0 Å². The Morgan fingerprint density at radius 3 is 2.04 bits per heavy atom. The average molecular weight is 377 g/mol. The lowest BCUT2D eigenvalue weighted by Gasteiger charge is -2.27. The third-order valence-electron chi connectivity index (χ3n) is 6.49. The molecular weight excluding hydrogens is 340 g/mol. The van der Waals surface area contributed by atoms with E-state index < -0.39 is 0 Å². The fourth-order valence-electron chi connectivity index (χ4n) is 4.50. The second-order valence-electron chi connectivity index (χ2n) is 8.56. The summed E-state index contributed by atoms with van der Waals surface area (Å²) >= 11 is 0. The van der Waals surface area contributed by atoms with Crippen LogP contribution in [0.5, 0.6) is 0 Å². The highest BCUT2D eigenvalue weighted by Gasteiger charge is 2.28. The van der Waals surface area contributed by atoms with Crippen molar-refractivity contribution in [3.63, 3.8) is 0 Å². The summed E-state index contributed by atoms with van der Waals surface area (Å²) in [5.74, 6) is 1.16. The molecule has 28 heavy (non-hydrogen) atoms. The number of aryl methyl sites for hydroxylation is 1. The molecule has 0 unspecified atom stereocenters. The molecule has 0 spiro atoms. The summed E-state index contributed by atoms with van der Waals surface area (Å²) < 4.78 is 0. The van der Waals surface area contributed by atoms with Crippen LogP contribution in [0, 0.1) is 5.92 Å². The number of hydrogen-bond donors (Lipinski definition) is 0. The first kappa shape index (κ1) is 20.8. The van der Waals surface area contributed by atoms with E-state index in [2.05, 4.69) is 62.4 Å². The van der Waals surface area contributed by atoms with Crippen molar-refractivity contribution in [3.8, 4) is 11.1 Å². The number of Topliss-reactive ketones (excluding diaryl/α,β-unsaturated/α-hetero) is 1. The molecular formula is C27H36O. The Morgan fingerprint density at radius 1 is 0.786 bits per heavy atom. The Morgan fingerprint density at radius 2 is 1.43 bits per heavy atom. The second kappa shape index (κ2) is 10.6. The van der Waals surface area contributed by atoms with E-state index in [0.717, 1.165) is 19.3 Å². The highest BCUT2D eigenvalue weighted by molar-refractivity contribution is 5.86. The SMILES string of the molecule is CCCCCCCc1ccc(-c2ccc([C@H]3CC[C@H](CC)CC3=O)cc2)cc1. The normalized spacial score (nSPS) is 19.7. The van der Waals surface area contributed by atoms with Crippen LogP contribution < -0.4 is 0 Å². The molecule has 0 saturated heterocycles. The summed E-state index contributed by atoms with van der Waals surface area (Å²) in [7, 11) is 0. The molecule has 0 aromatic heterocycles. The van der Waals surface area contributed by atoms with E-state index in [1.165, 1.54) is 67.2 Å². The zero-order valence-corrected chi connectivity index (χ0v) is 17.8. The van der Waals surface area contributed by atoms with E-state index >= 15 is 0 Å². The van der Waals surface area contributed by atoms with Crippen LogP contribution >= 0.6 is 0 Å². The first-order valence-electron chi connectivity index (χ1n) is 11.4. The van der Waals surface area contributed by atoms with Gasteiger partial charge in [-0.05, 0) is 53.9 Å². The monoisotopic (exact) mass is 376 g/mol. The third-order valence-corrected chi connectivity index (χ3v) is 6.49. The number of hydrogen-bond acceptors (Lipinski definition) is 1. The summed E-state index contributed by atoms with van der Waals surface area (Å²) in [6.45, 7) is 4.46. The van der Waals surface area contributed by atoms with E-state index in [-0.39, 0.29) is 5.92 Å². The third kappa shape index (κ3) is 5.56. The van der Waals surface area contributed by atoms with Crippen molar-refractivity contribution in [1.29, 1.82) is 0 Å². The largest absolute Gasteiger partial charge is 0.299 e. The van der Waals surface area contributed by atoms with Crippen molar-refractivity contribution in [2.24, 2.45) is 5.92 Å². The van der Waals surface area contributed by atoms with Crippen LogP contribution in [-0.2, 0) is 11.2 Å². The fraction of sp³-hybridized carbons (Fsp3) is 0.519. The summed E-state index contributed by atoms with van der Waals surface area (Å²) in [5.41, 5.74) is 5.15. The lowest BCUT2D eigenvalue weighted by Crippen LogP contribution is -2.23. The van der Waals surface area contributed by atoms with Crippen molar-refractivity contribution < 1.29 is 4.79 Å². The van der Waals surface area contributed by atoms with Crippen LogP contribution in [0.25, 0.3) is 11.1 Å². The zero-order chi connectivity index (χ0) is 19.8. The van der Waals surface area contributed by atoms with Crippen LogP contribution in [0.4, 0.5) is 0 Å². The van der Waals surface area contributed by atoms with E-state index in [0.29, 0.717) is 11.7 Å². The zero-order valence-electron chi connectivity index (χ0n) is 17.8. The number of unbranched alkanes of at least 4 members (excludes halogenated alkanes) is 4. The van der Waals surface area contributed by atoms with E-state index in [1.807, 2.05) is 0 Å². The van der Waals surface area contributed by atoms with E-state index in [1.54, 1.807) is 0 Å². The summed E-state index contributed by atoms with van der Waals surface area (Å²) in [4.78, 5) is 12.5. The van der Waals surface area contributed by atoms with Gasteiger partial charge in [-0.25, -0.2) is 0 Å². The molecule has 0 heterocycles. The number of rotatable bonds is 9. The molecule has 1 fully saturated rings. The molecule has 1 aliphatic rings. The molecule has 1 nitrogen and oxygen atoms in total. The van der Waals surface area contributed by atoms with Gasteiger partial charge in [-0.2, -0.15) is 0 Å². The number of ketones is 1. The Hall–Kier alpha value is -1.89. The lowest BCUT2D eigenvalue weighted by atomic mass is 9.77. The van der Waals surface area contributed by atoms with Crippen molar-refractivity contribution >= 4 is 5.78 Å². The summed E-state index contributed by atoms with van der Waals surface area (Å²) in [6, 6.07) is 17.8. The smallest absolute Gasteiger partial charge is 0.140 e. The van der Waals surface area contributed by atoms with E-state index in [9.17, 15) is 4.79 Å². The molecule has 150 valence electrons. The van der Waals surface area contributed by atoms with Crippen LogP contribution in [0.1, 0.15) is 88.7 Å². The van der Waals surface area contributed by atoms with Gasteiger partial charge in [-0.3, -0.25) is 4.79 Å². The maximum atomic E-state index is 12.5. The van der Waals surface area contributed by atoms with E-state index in [4.69, 9.17) is 0 Å². The summed E-state index contributed by atoms with van der Waals surface area (Å²) in [5, 5.41) is 0. The molecule has 2 aromatic carbocycles. The maximum absolute atomic E-state index is 12.5. The molecule has 1 saturated carbocycles. The number of benzene rings is 2. The minimum atomic E-state index is 0.118. The first-order valence-corrected chi connectivity index (χ1v) is 11.4. The van der Waals surface area contributed by atoms with Gasteiger partial charge in [0.25, 0.3) is 0 Å². The minimum Gasteiger partial charge on any atom is -0.299 e. The lowest BCUT2D eigenvalue weighted by molar-refractivity contribution is -0.123. The Bertz CT molecular complexity index is 726. The number of carbonyl (C=O) groups excluding carboxylic acids is 1. The van der Waals surface area contributed by atoms with Gasteiger partial charge in [0.15, 0.2) is 0 Å². The predicted octanol–water partition coefficient (Wildman–Crippen LogP) is 7.73. The molecule has 2 atom stereocenters. The first-order chi connectivity index (χ1) is 13.7. The predicted molar refractivity (Wildman–Crippen MR) is 120 cm³/mol. The molecule has 2 aromatic rings. The van der Waals surface area contributed by atoms with Crippen molar-refractivity contribution in [3.05, 3.63) is 59.7 Å². The van der Waals surface area contributed by atoms with Gasteiger partial charge < -0.3 is 0 Å². The molecule has 0 amide bonds. The molecule has 1 heteroatoms. The van der Waals surface area contributed by atoms with Gasteiger partial charge in [-0.15, -0.1) is 0 Å².